The smallest absolute Gasteiger partial charge is 0.489 e. The Balaban J connectivity index is 1.35. The number of hydrogen-bond acceptors (Lipinski definition) is 6. The van der Waals surface area contributed by atoms with E-state index in [9.17, 15) is 31.1 Å². The highest BCUT2D eigenvalue weighted by molar-refractivity contribution is 5.56. The molecule has 0 radical (unpaired) electrons. The van der Waals surface area contributed by atoms with Crippen LogP contribution in [0.15, 0.2) is 72.8 Å². The van der Waals surface area contributed by atoms with Gasteiger partial charge in [0.25, 0.3) is 0 Å². The molecule has 1 saturated heterocycles. The first kappa shape index (κ1) is 27.3. The van der Waals surface area contributed by atoms with Gasteiger partial charge in [-0.2, -0.15) is 0 Å². The molecule has 0 spiro atoms. The van der Waals surface area contributed by atoms with Crippen LogP contribution in [-0.4, -0.2) is 36.7 Å². The van der Waals surface area contributed by atoms with Crippen molar-refractivity contribution < 1.29 is 50.1 Å². The van der Waals surface area contributed by atoms with Gasteiger partial charge in [-0.15, -0.1) is 26.3 Å². The highest BCUT2D eigenvalue weighted by Gasteiger charge is 2.34. The molecular weight excluding hydrogens is 520 g/mol. The summed E-state index contributed by atoms with van der Waals surface area (Å²) in [5.74, 6) is -0.185. The number of rotatable bonds is 9. The van der Waals surface area contributed by atoms with Crippen LogP contribution in [0.1, 0.15) is 22.8 Å². The Bertz CT molecular complexity index is 1210. The molecule has 0 bridgehead atoms. The molecule has 0 saturated carbocycles. The van der Waals surface area contributed by atoms with Crippen molar-refractivity contribution in [3.8, 4) is 17.2 Å². The average molecular weight is 541 g/mol. The van der Waals surface area contributed by atoms with Gasteiger partial charge in [0.1, 0.15) is 23.9 Å². The number of halogens is 6. The molecular formula is C26H21F6NO5. The van der Waals surface area contributed by atoms with Crippen LogP contribution in [-0.2, 0) is 22.7 Å². The van der Waals surface area contributed by atoms with Crippen molar-refractivity contribution in [2.24, 2.45) is 0 Å². The van der Waals surface area contributed by atoms with Crippen LogP contribution >= 0.6 is 0 Å². The molecule has 38 heavy (non-hydrogen) atoms. The maximum atomic E-state index is 12.4. The molecule has 202 valence electrons. The van der Waals surface area contributed by atoms with E-state index in [1.54, 1.807) is 29.2 Å². The van der Waals surface area contributed by atoms with E-state index in [4.69, 9.17) is 9.47 Å². The van der Waals surface area contributed by atoms with Gasteiger partial charge < -0.3 is 18.9 Å². The van der Waals surface area contributed by atoms with Gasteiger partial charge in [-0.25, -0.2) is 0 Å². The molecule has 1 aliphatic heterocycles. The average Bonchev–Trinajstić information content (AvgIpc) is 3.26. The van der Waals surface area contributed by atoms with E-state index in [-0.39, 0.29) is 24.7 Å². The lowest BCUT2D eigenvalue weighted by Gasteiger charge is -2.18. The predicted octanol–water partition coefficient (Wildman–Crippen LogP) is 6.16. The van der Waals surface area contributed by atoms with Gasteiger partial charge in [-0.1, -0.05) is 36.4 Å². The summed E-state index contributed by atoms with van der Waals surface area (Å²) >= 11 is 0. The lowest BCUT2D eigenvalue weighted by molar-refractivity contribution is -0.275. The second kappa shape index (κ2) is 11.3. The van der Waals surface area contributed by atoms with E-state index in [1.165, 1.54) is 48.5 Å². The highest BCUT2D eigenvalue weighted by Crippen LogP contribution is 2.32. The van der Waals surface area contributed by atoms with E-state index >= 15 is 0 Å². The van der Waals surface area contributed by atoms with Crippen LogP contribution in [0.5, 0.6) is 17.2 Å². The summed E-state index contributed by atoms with van der Waals surface area (Å²) in [6.07, 6.45) is -10.2. The SMILES string of the molecule is O=CC1OC(c2cccc(OCc3ccc(OC(F)(F)F)cc3)c2)CN1Cc1ccc(OC(F)(F)F)cc1. The molecule has 12 heteroatoms. The number of nitrogens with zero attached hydrogens (tertiary/aromatic N) is 1. The summed E-state index contributed by atoms with van der Waals surface area (Å²) in [6, 6.07) is 17.6. The Labute approximate surface area is 213 Å². The minimum atomic E-state index is -4.78. The number of carbonyl (C=O) groups is 1. The van der Waals surface area contributed by atoms with Crippen LogP contribution in [0, 0.1) is 0 Å². The van der Waals surface area contributed by atoms with Crippen molar-refractivity contribution in [3.05, 3.63) is 89.5 Å². The molecule has 2 unspecified atom stereocenters. The third-order valence-corrected chi connectivity index (χ3v) is 5.52. The standard InChI is InChI=1S/C26H21F6NO5/c27-25(28,29)37-20-8-4-17(5-9-20)13-33-14-23(36-24(33)15-34)19-2-1-3-22(12-19)35-16-18-6-10-21(11-7-18)38-26(30,31)32/h1-12,15,23-24H,13-14,16H2. The minimum absolute atomic E-state index is 0.0956. The fraction of sp³-hybridized carbons (Fsp3) is 0.269. The fourth-order valence-corrected chi connectivity index (χ4v) is 3.86. The molecule has 0 N–H and O–H groups in total. The van der Waals surface area contributed by atoms with E-state index < -0.39 is 25.1 Å². The zero-order chi connectivity index (χ0) is 27.3. The lowest BCUT2D eigenvalue weighted by Crippen LogP contribution is -2.30. The van der Waals surface area contributed by atoms with E-state index in [0.29, 0.717) is 29.7 Å². The van der Waals surface area contributed by atoms with Gasteiger partial charge in [0.05, 0.1) is 6.10 Å². The zero-order valence-corrected chi connectivity index (χ0v) is 19.5. The molecule has 3 aromatic rings. The van der Waals surface area contributed by atoms with Crippen molar-refractivity contribution in [1.82, 2.24) is 4.90 Å². The summed E-state index contributed by atoms with van der Waals surface area (Å²) < 4.78 is 93.3. The normalized spacial score (nSPS) is 18.3. The number of alkyl halides is 6. The number of benzene rings is 3. The maximum absolute atomic E-state index is 12.4. The molecule has 0 aliphatic carbocycles. The molecule has 6 nitrogen and oxygen atoms in total. The first-order chi connectivity index (χ1) is 18.0. The van der Waals surface area contributed by atoms with Crippen LogP contribution in [0.4, 0.5) is 26.3 Å². The van der Waals surface area contributed by atoms with Gasteiger partial charge in [0, 0.05) is 13.1 Å². The van der Waals surface area contributed by atoms with E-state index in [1.807, 2.05) is 0 Å². The Hall–Kier alpha value is -3.77. The number of aldehydes is 1. The molecule has 1 heterocycles. The van der Waals surface area contributed by atoms with E-state index in [0.717, 1.165) is 5.56 Å². The first-order valence-electron chi connectivity index (χ1n) is 11.2. The van der Waals surface area contributed by atoms with Crippen molar-refractivity contribution in [3.63, 3.8) is 0 Å². The second-order valence-corrected chi connectivity index (χ2v) is 8.33. The molecule has 3 aromatic carbocycles. The van der Waals surface area contributed by atoms with Crippen LogP contribution in [0.25, 0.3) is 0 Å². The summed E-state index contributed by atoms with van der Waals surface area (Å²) in [7, 11) is 0. The number of carbonyl (C=O) groups excluding carboxylic acids is 1. The number of hydrogen-bond donors (Lipinski definition) is 0. The minimum Gasteiger partial charge on any atom is -0.489 e. The van der Waals surface area contributed by atoms with Gasteiger partial charge in [-0.3, -0.25) is 9.69 Å². The van der Waals surface area contributed by atoms with Gasteiger partial charge in [0.15, 0.2) is 12.5 Å². The molecule has 4 rings (SSSR count). The molecule has 0 amide bonds. The van der Waals surface area contributed by atoms with Gasteiger partial charge >= 0.3 is 12.7 Å². The maximum Gasteiger partial charge on any atom is 0.573 e. The zero-order valence-electron chi connectivity index (χ0n) is 19.5. The summed E-state index contributed by atoms with van der Waals surface area (Å²) in [5.41, 5.74) is 2.03. The Morgan fingerprint density at radius 2 is 1.39 bits per heavy atom. The van der Waals surface area contributed by atoms with Crippen LogP contribution in [0.3, 0.4) is 0 Å². The van der Waals surface area contributed by atoms with Crippen molar-refractivity contribution in [1.29, 1.82) is 0 Å². The van der Waals surface area contributed by atoms with Crippen LogP contribution < -0.4 is 14.2 Å². The Morgan fingerprint density at radius 3 is 1.95 bits per heavy atom. The highest BCUT2D eigenvalue weighted by atomic mass is 19.4. The molecule has 1 fully saturated rings. The summed E-state index contributed by atoms with van der Waals surface area (Å²) in [4.78, 5) is 13.4. The van der Waals surface area contributed by atoms with Crippen molar-refractivity contribution in [2.75, 3.05) is 6.54 Å². The molecule has 0 aromatic heterocycles. The first-order valence-corrected chi connectivity index (χ1v) is 11.2. The van der Waals surface area contributed by atoms with Crippen molar-refractivity contribution >= 4 is 6.29 Å². The predicted molar refractivity (Wildman–Crippen MR) is 121 cm³/mol. The Kier molecular flexibility index (Phi) is 8.12. The molecule has 1 aliphatic rings. The van der Waals surface area contributed by atoms with Crippen LogP contribution in [0.2, 0.25) is 0 Å². The van der Waals surface area contributed by atoms with Gasteiger partial charge in [0.2, 0.25) is 0 Å². The Morgan fingerprint density at radius 1 is 0.816 bits per heavy atom. The third-order valence-electron chi connectivity index (χ3n) is 5.52. The number of ether oxygens (including phenoxy) is 4. The summed E-state index contributed by atoms with van der Waals surface area (Å²) in [5, 5.41) is 0. The fourth-order valence-electron chi connectivity index (χ4n) is 3.86. The quantitative estimate of drug-likeness (QED) is 0.239. The molecule has 2 atom stereocenters. The lowest BCUT2D eigenvalue weighted by atomic mass is 10.1. The van der Waals surface area contributed by atoms with E-state index in [2.05, 4.69) is 9.47 Å². The third kappa shape index (κ3) is 7.86. The second-order valence-electron chi connectivity index (χ2n) is 8.33. The summed E-state index contributed by atoms with van der Waals surface area (Å²) in [6.45, 7) is 0.698. The topological polar surface area (TPSA) is 57.2 Å². The largest absolute Gasteiger partial charge is 0.573 e. The van der Waals surface area contributed by atoms with Gasteiger partial charge in [-0.05, 0) is 53.1 Å². The van der Waals surface area contributed by atoms with Crippen molar-refractivity contribution in [2.45, 2.75) is 38.2 Å². The monoisotopic (exact) mass is 541 g/mol.